The molecule has 0 saturated carbocycles. The minimum absolute atomic E-state index is 0.0180. The molecule has 2 saturated heterocycles. The summed E-state index contributed by atoms with van der Waals surface area (Å²) in [5.74, 6) is -1.81. The largest absolute Gasteiger partial charge is 0.490 e. The van der Waals surface area contributed by atoms with Crippen molar-refractivity contribution in [3.05, 3.63) is 65.4 Å². The van der Waals surface area contributed by atoms with Crippen LogP contribution < -0.4 is 25.8 Å². The van der Waals surface area contributed by atoms with Gasteiger partial charge in [-0.25, -0.2) is 26.9 Å². The zero-order valence-electron chi connectivity index (χ0n) is 27.5. The fraction of sp³-hybridized carbons (Fsp3) is 0.333. The van der Waals surface area contributed by atoms with E-state index in [1.54, 1.807) is 0 Å². The van der Waals surface area contributed by atoms with Gasteiger partial charge in [-0.15, -0.1) is 11.3 Å². The summed E-state index contributed by atoms with van der Waals surface area (Å²) in [6.07, 6.45) is 0.384. The van der Waals surface area contributed by atoms with Gasteiger partial charge in [0.05, 0.1) is 27.7 Å². The first-order chi connectivity index (χ1) is 25.1. The van der Waals surface area contributed by atoms with Crippen LogP contribution in [0.15, 0.2) is 37.0 Å². The maximum atomic E-state index is 17.5. The number of nitrogens with two attached hydrogens (primary N) is 2. The summed E-state index contributed by atoms with van der Waals surface area (Å²) in [5.41, 5.74) is 11.3. The normalized spacial score (nSPS) is 20.6. The van der Waals surface area contributed by atoms with Crippen molar-refractivity contribution in [2.45, 2.75) is 43.4 Å². The summed E-state index contributed by atoms with van der Waals surface area (Å²) in [6, 6.07) is 5.37. The lowest BCUT2D eigenvalue weighted by Crippen LogP contribution is -2.43. The third-order valence-corrected chi connectivity index (χ3v) is 11.3. The second-order valence-corrected chi connectivity index (χ2v) is 14.2. The van der Waals surface area contributed by atoms with Crippen molar-refractivity contribution >= 4 is 55.0 Å². The van der Waals surface area contributed by atoms with E-state index in [1.165, 1.54) is 35.4 Å². The van der Waals surface area contributed by atoms with E-state index >= 15 is 17.6 Å². The highest BCUT2D eigenvalue weighted by molar-refractivity contribution is 7.23. The van der Waals surface area contributed by atoms with E-state index in [-0.39, 0.29) is 110 Å². The zero-order chi connectivity index (χ0) is 36.5. The molecule has 3 aliphatic rings. The molecule has 52 heavy (non-hydrogen) atoms. The smallest absolute Gasteiger partial charge is 0.319 e. The summed E-state index contributed by atoms with van der Waals surface area (Å²) in [6.45, 7) is 4.52. The first kappa shape index (κ1) is 33.9. The predicted octanol–water partition coefficient (Wildman–Crippen LogP) is 7.02. The van der Waals surface area contributed by atoms with Crippen LogP contribution in [0, 0.1) is 23.0 Å². The average molecular weight is 735 g/mol. The third-order valence-electron chi connectivity index (χ3n) is 10.3. The van der Waals surface area contributed by atoms with Crippen molar-refractivity contribution in [3.8, 4) is 29.0 Å². The Kier molecular flexibility index (Phi) is 8.30. The van der Waals surface area contributed by atoms with Gasteiger partial charge in [0.25, 0.3) is 6.43 Å². The second kappa shape index (κ2) is 12.7. The Morgan fingerprint density at radius 3 is 2.77 bits per heavy atom. The van der Waals surface area contributed by atoms with Crippen LogP contribution in [0.4, 0.5) is 38.6 Å². The highest BCUT2D eigenvalue weighted by Gasteiger charge is 2.49. The highest BCUT2D eigenvalue weighted by Crippen LogP contribution is 2.50. The Balaban J connectivity index is 1.40. The molecule has 4 N–H and O–H groups in total. The lowest BCUT2D eigenvalue weighted by molar-refractivity contribution is 0.106. The van der Waals surface area contributed by atoms with Crippen molar-refractivity contribution in [2.24, 2.45) is 0 Å². The van der Waals surface area contributed by atoms with Gasteiger partial charge in [-0.3, -0.25) is 4.90 Å². The summed E-state index contributed by atoms with van der Waals surface area (Å²) < 4.78 is 90.1. The summed E-state index contributed by atoms with van der Waals surface area (Å²) in [5, 5.41) is 10.1. The van der Waals surface area contributed by atoms with Crippen molar-refractivity contribution < 1.29 is 31.4 Å². The highest BCUT2D eigenvalue weighted by atomic mass is 32.1. The molecule has 16 heteroatoms. The van der Waals surface area contributed by atoms with Gasteiger partial charge >= 0.3 is 6.01 Å². The van der Waals surface area contributed by atoms with Gasteiger partial charge in [0.1, 0.15) is 65.2 Å². The maximum absolute atomic E-state index is 17.5. The van der Waals surface area contributed by atoms with E-state index in [0.29, 0.717) is 13.0 Å². The molecule has 6 heterocycles. The van der Waals surface area contributed by atoms with Crippen LogP contribution in [0.2, 0.25) is 0 Å². The monoisotopic (exact) mass is 734 g/mol. The van der Waals surface area contributed by atoms with Crippen LogP contribution in [0.5, 0.6) is 11.8 Å². The number of nitrogen functional groups attached to an aromatic ring is 2. The van der Waals surface area contributed by atoms with E-state index in [4.69, 9.17) is 20.9 Å². The number of benzene rings is 2. The van der Waals surface area contributed by atoms with Crippen LogP contribution in [-0.2, 0) is 0 Å². The second-order valence-electron chi connectivity index (χ2n) is 13.1. The number of pyridine rings is 1. The Labute approximate surface area is 298 Å². The van der Waals surface area contributed by atoms with Gasteiger partial charge in [-0.1, -0.05) is 24.8 Å². The SMILES string of the molecule is C=Cc1c(-c2ccc(F)c3sc(N)c(C#N)c23)c(F)c2nc(OC[C@@]34CCCN3C[C@H](F)C4)nc3c2c1OCCN3[C@@H](c1cccnc1N)C(F)F. The van der Waals surface area contributed by atoms with Gasteiger partial charge in [0, 0.05) is 41.2 Å². The molecule has 2 fully saturated rings. The van der Waals surface area contributed by atoms with Crippen LogP contribution in [-0.4, -0.2) is 70.8 Å². The number of ether oxygens (including phenoxy) is 2. The molecule has 3 aliphatic heterocycles. The molecule has 268 valence electrons. The summed E-state index contributed by atoms with van der Waals surface area (Å²) in [4.78, 5) is 16.4. The van der Waals surface area contributed by atoms with Crippen LogP contribution in [0.25, 0.3) is 38.2 Å². The molecular weight excluding hydrogens is 704 g/mol. The van der Waals surface area contributed by atoms with Gasteiger partial charge in [-0.2, -0.15) is 15.2 Å². The molecule has 0 bridgehead atoms. The predicted molar refractivity (Wildman–Crippen MR) is 188 cm³/mol. The van der Waals surface area contributed by atoms with Crippen LogP contribution >= 0.6 is 11.3 Å². The molecule has 3 aromatic heterocycles. The van der Waals surface area contributed by atoms with Crippen LogP contribution in [0.3, 0.4) is 0 Å². The summed E-state index contributed by atoms with van der Waals surface area (Å²) in [7, 11) is 0. The number of aromatic nitrogens is 3. The molecule has 10 nitrogen and oxygen atoms in total. The van der Waals surface area contributed by atoms with Crippen LogP contribution in [0.1, 0.15) is 42.0 Å². The fourth-order valence-electron chi connectivity index (χ4n) is 8.06. The zero-order valence-corrected chi connectivity index (χ0v) is 28.3. The minimum Gasteiger partial charge on any atom is -0.490 e. The van der Waals surface area contributed by atoms with Crippen molar-refractivity contribution in [2.75, 3.05) is 49.2 Å². The molecule has 0 unspecified atom stereocenters. The van der Waals surface area contributed by atoms with E-state index in [0.717, 1.165) is 23.8 Å². The first-order valence-electron chi connectivity index (χ1n) is 16.6. The molecule has 2 aromatic carbocycles. The van der Waals surface area contributed by atoms with Gasteiger partial charge in [0.15, 0.2) is 5.82 Å². The van der Waals surface area contributed by atoms with Crippen molar-refractivity contribution in [1.82, 2.24) is 19.9 Å². The van der Waals surface area contributed by atoms with E-state index < -0.39 is 35.8 Å². The minimum atomic E-state index is -3.02. The molecule has 0 radical (unpaired) electrons. The van der Waals surface area contributed by atoms with E-state index in [1.807, 2.05) is 11.0 Å². The molecule has 3 atom stereocenters. The number of nitrogens with zero attached hydrogens (tertiary/aromatic N) is 6. The number of halogens is 5. The molecular formula is C36H31F5N8O2S. The Morgan fingerprint density at radius 1 is 1.19 bits per heavy atom. The third kappa shape index (κ3) is 5.16. The van der Waals surface area contributed by atoms with Gasteiger partial charge < -0.3 is 25.8 Å². The van der Waals surface area contributed by atoms with E-state index in [2.05, 4.69) is 21.5 Å². The Bertz CT molecular complexity index is 2320. The quantitative estimate of drug-likeness (QED) is 0.160. The van der Waals surface area contributed by atoms with Gasteiger partial charge in [-0.05, 0) is 37.1 Å². The van der Waals surface area contributed by atoms with Crippen molar-refractivity contribution in [1.29, 1.82) is 5.26 Å². The number of fused-ring (bicyclic) bond motifs is 2. The molecule has 0 amide bonds. The number of thiophene rings is 1. The topological polar surface area (TPSA) is 139 Å². The lowest BCUT2D eigenvalue weighted by Gasteiger charge is -2.33. The fourth-order valence-corrected chi connectivity index (χ4v) is 9.01. The summed E-state index contributed by atoms with van der Waals surface area (Å²) >= 11 is 0.853. The number of nitriles is 1. The molecule has 0 spiro atoms. The molecule has 0 aliphatic carbocycles. The number of hydrogen-bond donors (Lipinski definition) is 2. The van der Waals surface area contributed by atoms with Gasteiger partial charge in [0.2, 0.25) is 0 Å². The number of hydrogen-bond acceptors (Lipinski definition) is 11. The first-order valence-corrected chi connectivity index (χ1v) is 17.4. The average Bonchev–Trinajstić information content (AvgIpc) is 3.73. The lowest BCUT2D eigenvalue weighted by atomic mass is 9.92. The Morgan fingerprint density at radius 2 is 2.02 bits per heavy atom. The number of alkyl halides is 3. The number of anilines is 3. The standard InChI is InChI=1S/C36H31F5N8O2S/c1-2-18-23(19-6-7-22(38)30-24(19)21(14-42)33(44)52-30)26(39)27-25-29(18)50-12-11-49(28(31(40)41)20-5-3-9-45-32(20)43)34(25)47-35(46-27)51-16-36-8-4-10-48(36)15-17(37)13-36/h2-3,5-7,9,17,28,31H,1,4,8,10-13,15-16,44H2,(H2,43,45)/t17-,28+,36+/m1/s1. The molecule has 5 aromatic rings. The Hall–Kier alpha value is -5.27. The maximum Gasteiger partial charge on any atom is 0.319 e. The van der Waals surface area contributed by atoms with Crippen molar-refractivity contribution in [3.63, 3.8) is 0 Å². The number of rotatable bonds is 8. The van der Waals surface area contributed by atoms with E-state index in [9.17, 15) is 9.65 Å². The molecule has 8 rings (SSSR count).